The number of nitrogens with one attached hydrogen (secondary N) is 4. The lowest BCUT2D eigenvalue weighted by atomic mass is 9.94. The van der Waals surface area contributed by atoms with Crippen LogP contribution in [0.15, 0.2) is 84.9 Å². The largest absolute Gasteiger partial charge is 0.507 e. The van der Waals surface area contributed by atoms with E-state index < -0.39 is 67.2 Å². The van der Waals surface area contributed by atoms with Crippen LogP contribution >= 0.6 is 0 Å². The molecule has 0 fully saturated rings. The zero-order valence-corrected chi connectivity index (χ0v) is 30.4. The van der Waals surface area contributed by atoms with Crippen LogP contribution in [0.5, 0.6) is 11.5 Å². The van der Waals surface area contributed by atoms with Gasteiger partial charge in [0.05, 0.1) is 19.6 Å². The first-order chi connectivity index (χ1) is 26.3. The molecule has 7 N–H and O–H groups in total. The summed E-state index contributed by atoms with van der Waals surface area (Å²) in [6.07, 6.45) is 3.12. The Labute approximate surface area is 317 Å². The van der Waals surface area contributed by atoms with Crippen molar-refractivity contribution in [3.63, 3.8) is 0 Å². The number of benzene rings is 4. The van der Waals surface area contributed by atoms with Gasteiger partial charge < -0.3 is 41.5 Å². The first-order valence-corrected chi connectivity index (χ1v) is 17.8. The molecular weight excluding hydrogens is 706 g/mol. The Morgan fingerprint density at radius 3 is 2.11 bits per heavy atom. The third-order valence-corrected chi connectivity index (χ3v) is 9.31. The SMILES string of the molecule is CCCCc1ccc(-c2ccc(C(=O)NCC(=O)NCC(=O)N(C)C3C(=O)NCC(=O)N[C@H](C(=O)O)Cc4ccc(O)c(c4)-c4cc3ccc4O)cc2)cc1. The normalized spacial score (nSPS) is 15.5. The highest BCUT2D eigenvalue weighted by Crippen LogP contribution is 2.38. The quantitative estimate of drug-likeness (QED) is 0.120. The fourth-order valence-electron chi connectivity index (χ4n) is 6.19. The number of carbonyl (C=O) groups is 6. The topological polar surface area (TPSA) is 214 Å². The Balaban J connectivity index is 1.24. The number of carboxylic acids is 1. The van der Waals surface area contributed by atoms with Crippen LogP contribution in [0.4, 0.5) is 0 Å². The van der Waals surface area contributed by atoms with Gasteiger partial charge >= 0.3 is 5.97 Å². The molecule has 5 rings (SSSR count). The fourth-order valence-corrected chi connectivity index (χ4v) is 6.19. The molecule has 0 saturated carbocycles. The number of carbonyl (C=O) groups excluding carboxylic acids is 5. The number of hydrogen-bond acceptors (Lipinski definition) is 8. The van der Waals surface area contributed by atoms with Crippen LogP contribution in [0.25, 0.3) is 22.3 Å². The zero-order chi connectivity index (χ0) is 39.6. The van der Waals surface area contributed by atoms with Crippen molar-refractivity contribution in [2.75, 3.05) is 26.7 Å². The van der Waals surface area contributed by atoms with Crippen LogP contribution in [0.1, 0.15) is 52.9 Å². The highest BCUT2D eigenvalue weighted by molar-refractivity contribution is 5.98. The average molecular weight is 750 g/mol. The first kappa shape index (κ1) is 39.5. The van der Waals surface area contributed by atoms with E-state index in [4.69, 9.17) is 0 Å². The molecule has 4 aromatic carbocycles. The van der Waals surface area contributed by atoms with E-state index in [0.717, 1.165) is 35.3 Å². The van der Waals surface area contributed by atoms with E-state index in [0.29, 0.717) is 11.1 Å². The van der Waals surface area contributed by atoms with Gasteiger partial charge in [0.15, 0.2) is 0 Å². The number of nitrogens with zero attached hydrogens (tertiary/aromatic N) is 1. The van der Waals surface area contributed by atoms with Crippen molar-refractivity contribution >= 4 is 35.5 Å². The predicted octanol–water partition coefficient (Wildman–Crippen LogP) is 3.06. The molecule has 0 aliphatic carbocycles. The van der Waals surface area contributed by atoms with E-state index >= 15 is 0 Å². The van der Waals surface area contributed by atoms with Gasteiger partial charge in [0.1, 0.15) is 23.6 Å². The summed E-state index contributed by atoms with van der Waals surface area (Å²) < 4.78 is 0. The van der Waals surface area contributed by atoms with E-state index in [-0.39, 0.29) is 34.6 Å². The van der Waals surface area contributed by atoms with Gasteiger partial charge in [-0.3, -0.25) is 24.0 Å². The van der Waals surface area contributed by atoms with Crippen molar-refractivity contribution in [2.45, 2.75) is 44.7 Å². The molecule has 5 amide bonds. The summed E-state index contributed by atoms with van der Waals surface area (Å²) in [5.74, 6) is -5.34. The number of hydrogen-bond donors (Lipinski definition) is 7. The number of phenolic OH excluding ortho intramolecular Hbond substituents is 2. The molecule has 14 nitrogen and oxygen atoms in total. The van der Waals surface area contributed by atoms with Gasteiger partial charge in [-0.2, -0.15) is 0 Å². The average Bonchev–Trinajstić information content (AvgIpc) is 3.18. The van der Waals surface area contributed by atoms with Crippen LogP contribution in [0.3, 0.4) is 0 Å². The monoisotopic (exact) mass is 749 g/mol. The number of fused-ring (bicyclic) bond motifs is 5. The third-order valence-electron chi connectivity index (χ3n) is 9.31. The van der Waals surface area contributed by atoms with Crippen molar-refractivity contribution in [2.24, 2.45) is 0 Å². The van der Waals surface area contributed by atoms with Crippen LogP contribution in [-0.2, 0) is 36.8 Å². The lowest BCUT2D eigenvalue weighted by Gasteiger charge is -2.28. The Kier molecular flexibility index (Phi) is 12.8. The molecule has 286 valence electrons. The minimum absolute atomic E-state index is 0.0959. The number of unbranched alkanes of at least 4 members (excludes halogenated alkanes) is 1. The number of aryl methyl sites for hydroxylation is 1. The predicted molar refractivity (Wildman–Crippen MR) is 203 cm³/mol. The Hall–Kier alpha value is -6.70. The summed E-state index contributed by atoms with van der Waals surface area (Å²) in [4.78, 5) is 78.1. The Bertz CT molecular complexity index is 2080. The summed E-state index contributed by atoms with van der Waals surface area (Å²) in [6.45, 7) is 0.547. The summed E-state index contributed by atoms with van der Waals surface area (Å²) in [5, 5.41) is 40.9. The molecule has 0 spiro atoms. The molecule has 0 aromatic heterocycles. The third kappa shape index (κ3) is 10.0. The number of carboxylic acid groups (broad SMARTS) is 1. The fraction of sp³-hybridized carbons (Fsp3) is 0.268. The summed E-state index contributed by atoms with van der Waals surface area (Å²) in [6, 6.07) is 20.8. The minimum Gasteiger partial charge on any atom is -0.507 e. The molecule has 55 heavy (non-hydrogen) atoms. The number of aromatic hydroxyl groups is 2. The maximum absolute atomic E-state index is 13.6. The molecule has 2 atom stereocenters. The number of aliphatic carboxylic acids is 1. The molecule has 0 saturated heterocycles. The molecule has 1 unspecified atom stereocenters. The van der Waals surface area contributed by atoms with Crippen molar-refractivity contribution in [1.29, 1.82) is 0 Å². The van der Waals surface area contributed by atoms with Crippen LogP contribution in [0, 0.1) is 0 Å². The van der Waals surface area contributed by atoms with Crippen LogP contribution in [-0.4, -0.2) is 88.4 Å². The summed E-state index contributed by atoms with van der Waals surface area (Å²) in [7, 11) is 1.30. The second-order valence-electron chi connectivity index (χ2n) is 13.3. The van der Waals surface area contributed by atoms with E-state index in [2.05, 4.69) is 40.3 Å². The van der Waals surface area contributed by atoms with E-state index in [1.54, 1.807) is 12.1 Å². The second-order valence-corrected chi connectivity index (χ2v) is 13.3. The summed E-state index contributed by atoms with van der Waals surface area (Å²) >= 11 is 0. The van der Waals surface area contributed by atoms with Gasteiger partial charge in [-0.1, -0.05) is 61.9 Å². The van der Waals surface area contributed by atoms with E-state index in [1.807, 2.05) is 24.3 Å². The van der Waals surface area contributed by atoms with Gasteiger partial charge in [-0.05, 0) is 77.1 Å². The lowest BCUT2D eigenvalue weighted by molar-refractivity contribution is -0.142. The Morgan fingerprint density at radius 2 is 1.45 bits per heavy atom. The van der Waals surface area contributed by atoms with Crippen molar-refractivity contribution < 1.29 is 44.1 Å². The summed E-state index contributed by atoms with van der Waals surface area (Å²) in [5.41, 5.74) is 4.40. The molecule has 4 bridgehead atoms. The van der Waals surface area contributed by atoms with E-state index in [9.17, 15) is 44.1 Å². The molecule has 1 aliphatic rings. The number of likely N-dealkylation sites (N-methyl/N-ethyl adjacent to an activating group) is 1. The van der Waals surface area contributed by atoms with Crippen LogP contribution in [0.2, 0.25) is 0 Å². The number of rotatable bonds is 11. The second kappa shape index (κ2) is 17.9. The highest BCUT2D eigenvalue weighted by Gasteiger charge is 2.31. The van der Waals surface area contributed by atoms with Crippen molar-refractivity contribution in [1.82, 2.24) is 26.2 Å². The van der Waals surface area contributed by atoms with Crippen molar-refractivity contribution in [3.8, 4) is 33.8 Å². The van der Waals surface area contributed by atoms with Crippen LogP contribution < -0.4 is 21.3 Å². The van der Waals surface area contributed by atoms with Gasteiger partial charge in [-0.25, -0.2) is 4.79 Å². The smallest absolute Gasteiger partial charge is 0.326 e. The number of amides is 5. The Morgan fingerprint density at radius 1 is 0.818 bits per heavy atom. The minimum atomic E-state index is -1.40. The standard InChI is InChI=1S/C41H43N5O9/c1-3-4-5-24-6-9-26(10-7-24)27-11-13-28(14-12-27)39(52)43-21-35(49)42-23-37(51)46(2)38-29-15-17-34(48)31(20-29)30-18-25(8-16-33(30)47)19-32(41(54)55)45-36(50)22-44-40(38)53/h6-18,20,32,38,47-48H,3-5,19,21-23H2,1-2H3,(H,42,49)(H,43,52)(H,44,53)(H,45,50)(H,54,55)/t32-,38?/m0/s1. The maximum atomic E-state index is 13.6. The molecule has 1 heterocycles. The maximum Gasteiger partial charge on any atom is 0.326 e. The number of phenols is 2. The molecular formula is C41H43N5O9. The van der Waals surface area contributed by atoms with E-state index in [1.165, 1.54) is 49.0 Å². The van der Waals surface area contributed by atoms with Gasteiger partial charge in [0.2, 0.25) is 23.6 Å². The highest BCUT2D eigenvalue weighted by atomic mass is 16.4. The molecule has 0 radical (unpaired) electrons. The zero-order valence-electron chi connectivity index (χ0n) is 30.4. The first-order valence-electron chi connectivity index (χ1n) is 17.8. The van der Waals surface area contributed by atoms with Crippen molar-refractivity contribution in [3.05, 3.63) is 107 Å². The lowest BCUT2D eigenvalue weighted by Crippen LogP contribution is -2.50. The van der Waals surface area contributed by atoms with Gasteiger partial charge in [0, 0.05) is 30.2 Å². The molecule has 4 aromatic rings. The van der Waals surface area contributed by atoms with Gasteiger partial charge in [-0.15, -0.1) is 0 Å². The molecule has 14 heteroatoms. The van der Waals surface area contributed by atoms with Gasteiger partial charge in [0.25, 0.3) is 5.91 Å². The molecule has 1 aliphatic heterocycles.